The van der Waals surface area contributed by atoms with Crippen LogP contribution in [0.5, 0.6) is 11.5 Å². The highest BCUT2D eigenvalue weighted by Gasteiger charge is 1.95. The Hall–Kier alpha value is -2.22. The third-order valence-electron chi connectivity index (χ3n) is 2.40. The molecule has 0 amide bonds. The number of aromatic hydroxyl groups is 2. The molecule has 0 heterocycles. The summed E-state index contributed by atoms with van der Waals surface area (Å²) in [6, 6.07) is 14.3. The predicted molar refractivity (Wildman–Crippen MR) is 74.9 cm³/mol. The van der Waals surface area contributed by atoms with Crippen LogP contribution in [0.2, 0.25) is 0 Å². The molecular weight excluding hydrogens is 224 g/mol. The third kappa shape index (κ3) is 4.74. The van der Waals surface area contributed by atoms with Gasteiger partial charge >= 0.3 is 0 Å². The molecule has 0 fully saturated rings. The number of aryl methyl sites for hydroxylation is 1. The first kappa shape index (κ1) is 13.8. The van der Waals surface area contributed by atoms with E-state index in [0.29, 0.717) is 11.5 Å². The molecule has 2 nitrogen and oxygen atoms in total. The number of rotatable bonds is 2. The van der Waals surface area contributed by atoms with E-state index in [-0.39, 0.29) is 0 Å². The van der Waals surface area contributed by atoms with Crippen molar-refractivity contribution in [2.45, 2.75) is 13.3 Å². The molecule has 18 heavy (non-hydrogen) atoms. The predicted octanol–water partition coefficient (Wildman–Crippen LogP) is 3.82. The molecule has 0 spiro atoms. The molecule has 2 aromatic rings. The summed E-state index contributed by atoms with van der Waals surface area (Å²) in [7, 11) is 0. The zero-order valence-electron chi connectivity index (χ0n) is 10.5. The highest BCUT2D eigenvalue weighted by molar-refractivity contribution is 5.35. The lowest BCUT2D eigenvalue weighted by atomic mass is 10.1. The van der Waals surface area contributed by atoms with Crippen LogP contribution in [0.1, 0.15) is 11.1 Å². The molecule has 0 atom stereocenters. The summed E-state index contributed by atoms with van der Waals surface area (Å²) in [6.07, 6.45) is 2.72. The van der Waals surface area contributed by atoms with Gasteiger partial charge in [0, 0.05) is 0 Å². The lowest BCUT2D eigenvalue weighted by Gasteiger charge is -2.00. The molecule has 0 unspecified atom stereocenters. The van der Waals surface area contributed by atoms with E-state index in [0.717, 1.165) is 12.0 Å². The van der Waals surface area contributed by atoms with Crippen molar-refractivity contribution in [1.29, 1.82) is 0 Å². The first-order chi connectivity index (χ1) is 8.63. The number of hydrogen-bond donors (Lipinski definition) is 2. The van der Waals surface area contributed by atoms with Crippen LogP contribution in [0.25, 0.3) is 0 Å². The van der Waals surface area contributed by atoms with Crippen LogP contribution >= 0.6 is 0 Å². The third-order valence-corrected chi connectivity index (χ3v) is 2.40. The second kappa shape index (κ2) is 7.17. The van der Waals surface area contributed by atoms with Gasteiger partial charge in [-0.3, -0.25) is 0 Å². The van der Waals surface area contributed by atoms with Gasteiger partial charge in [-0.05, 0) is 42.7 Å². The van der Waals surface area contributed by atoms with E-state index in [2.05, 4.69) is 6.58 Å². The Bertz CT molecular complexity index is 490. The standard InChI is InChI=1S/C10H12O.C6H6O/c1-3-4-9-5-6-10(11)8(2)7-9;7-6-4-2-1-3-5-6/h3,5-7,11H,1,4H2,2H3;1-5,7H. The van der Waals surface area contributed by atoms with Gasteiger partial charge in [0.25, 0.3) is 0 Å². The number of allylic oxidation sites excluding steroid dienone is 1. The van der Waals surface area contributed by atoms with Crippen molar-refractivity contribution in [2.24, 2.45) is 0 Å². The summed E-state index contributed by atoms with van der Waals surface area (Å²) in [5.74, 6) is 0.681. The second-order valence-corrected chi connectivity index (χ2v) is 3.95. The first-order valence-corrected chi connectivity index (χ1v) is 5.77. The average Bonchev–Trinajstić information content (AvgIpc) is 2.36. The molecule has 0 aliphatic carbocycles. The summed E-state index contributed by atoms with van der Waals surface area (Å²) < 4.78 is 0. The Labute approximate surface area is 108 Å². The molecule has 2 heteroatoms. The maximum atomic E-state index is 9.19. The van der Waals surface area contributed by atoms with Gasteiger partial charge in [0.2, 0.25) is 0 Å². The van der Waals surface area contributed by atoms with Crippen LogP contribution < -0.4 is 0 Å². The Morgan fingerprint density at radius 3 is 2.17 bits per heavy atom. The molecule has 0 saturated carbocycles. The first-order valence-electron chi connectivity index (χ1n) is 5.77. The minimum absolute atomic E-state index is 0.322. The lowest BCUT2D eigenvalue weighted by Crippen LogP contribution is -1.82. The summed E-state index contributed by atoms with van der Waals surface area (Å²) in [6.45, 7) is 5.54. The van der Waals surface area contributed by atoms with Crippen molar-refractivity contribution in [1.82, 2.24) is 0 Å². The van der Waals surface area contributed by atoms with Crippen LogP contribution in [-0.2, 0) is 6.42 Å². The van der Waals surface area contributed by atoms with Gasteiger partial charge in [0.15, 0.2) is 0 Å². The Kier molecular flexibility index (Phi) is 5.52. The van der Waals surface area contributed by atoms with E-state index in [1.807, 2.05) is 31.2 Å². The zero-order valence-corrected chi connectivity index (χ0v) is 10.5. The van der Waals surface area contributed by atoms with E-state index in [1.165, 1.54) is 5.56 Å². The zero-order chi connectivity index (χ0) is 13.4. The Morgan fingerprint density at radius 1 is 1.06 bits per heavy atom. The molecular formula is C16H18O2. The molecule has 2 N–H and O–H groups in total. The summed E-state index contributed by atoms with van der Waals surface area (Å²) in [5.41, 5.74) is 2.11. The van der Waals surface area contributed by atoms with Gasteiger partial charge in [-0.2, -0.15) is 0 Å². The van der Waals surface area contributed by atoms with Crippen molar-refractivity contribution in [3.8, 4) is 11.5 Å². The monoisotopic (exact) mass is 242 g/mol. The molecule has 2 aromatic carbocycles. The van der Waals surface area contributed by atoms with Crippen molar-refractivity contribution in [2.75, 3.05) is 0 Å². The van der Waals surface area contributed by atoms with Crippen molar-refractivity contribution < 1.29 is 10.2 Å². The molecule has 0 aromatic heterocycles. The highest BCUT2D eigenvalue weighted by atomic mass is 16.3. The van der Waals surface area contributed by atoms with E-state index in [1.54, 1.807) is 30.3 Å². The van der Waals surface area contributed by atoms with Crippen LogP contribution in [0.3, 0.4) is 0 Å². The fraction of sp³-hybridized carbons (Fsp3) is 0.125. The van der Waals surface area contributed by atoms with Gasteiger partial charge in [-0.1, -0.05) is 36.4 Å². The SMILES string of the molecule is C=CCc1ccc(O)c(C)c1.Oc1ccccc1. The molecule has 94 valence electrons. The Morgan fingerprint density at radius 2 is 1.72 bits per heavy atom. The normalized spacial score (nSPS) is 9.17. The summed E-state index contributed by atoms with van der Waals surface area (Å²) in [5, 5.41) is 17.8. The highest BCUT2D eigenvalue weighted by Crippen LogP contribution is 2.17. The molecule has 0 bridgehead atoms. The lowest BCUT2D eigenvalue weighted by molar-refractivity contribution is 0.471. The summed E-state index contributed by atoms with van der Waals surface area (Å²) >= 11 is 0. The van der Waals surface area contributed by atoms with Gasteiger partial charge in [0.05, 0.1) is 0 Å². The maximum Gasteiger partial charge on any atom is 0.118 e. The average molecular weight is 242 g/mol. The maximum absolute atomic E-state index is 9.19. The summed E-state index contributed by atoms with van der Waals surface area (Å²) in [4.78, 5) is 0. The van der Waals surface area contributed by atoms with Crippen molar-refractivity contribution in [3.63, 3.8) is 0 Å². The number of phenols is 2. The van der Waals surface area contributed by atoms with E-state index >= 15 is 0 Å². The fourth-order valence-electron chi connectivity index (χ4n) is 1.44. The fourth-order valence-corrected chi connectivity index (χ4v) is 1.44. The topological polar surface area (TPSA) is 40.5 Å². The van der Waals surface area contributed by atoms with Gasteiger partial charge in [-0.15, -0.1) is 6.58 Å². The molecule has 2 rings (SSSR count). The number of phenolic OH excluding ortho intramolecular Hbond substituents is 2. The number of hydrogen-bond acceptors (Lipinski definition) is 2. The minimum Gasteiger partial charge on any atom is -0.508 e. The van der Waals surface area contributed by atoms with Gasteiger partial charge < -0.3 is 10.2 Å². The Balaban J connectivity index is 0.000000199. The van der Waals surface area contributed by atoms with E-state index < -0.39 is 0 Å². The molecule has 0 aliphatic heterocycles. The van der Waals surface area contributed by atoms with Gasteiger partial charge in [0.1, 0.15) is 11.5 Å². The smallest absolute Gasteiger partial charge is 0.118 e. The van der Waals surface area contributed by atoms with Crippen LogP contribution in [-0.4, -0.2) is 10.2 Å². The number of para-hydroxylation sites is 1. The van der Waals surface area contributed by atoms with Gasteiger partial charge in [-0.25, -0.2) is 0 Å². The molecule has 0 aliphatic rings. The van der Waals surface area contributed by atoms with E-state index in [9.17, 15) is 5.11 Å². The minimum atomic E-state index is 0.322. The van der Waals surface area contributed by atoms with Crippen LogP contribution in [0.15, 0.2) is 61.2 Å². The molecule has 0 saturated heterocycles. The largest absolute Gasteiger partial charge is 0.508 e. The van der Waals surface area contributed by atoms with Crippen LogP contribution in [0, 0.1) is 6.92 Å². The number of benzene rings is 2. The van der Waals surface area contributed by atoms with Crippen molar-refractivity contribution >= 4 is 0 Å². The second-order valence-electron chi connectivity index (χ2n) is 3.95. The molecule has 0 radical (unpaired) electrons. The van der Waals surface area contributed by atoms with E-state index in [4.69, 9.17) is 5.11 Å². The quantitative estimate of drug-likeness (QED) is 0.786. The van der Waals surface area contributed by atoms with Crippen LogP contribution in [0.4, 0.5) is 0 Å². The van der Waals surface area contributed by atoms with Crippen molar-refractivity contribution in [3.05, 3.63) is 72.3 Å².